The highest BCUT2D eigenvalue weighted by Gasteiger charge is 2.61. The molecule has 1 aromatic carbocycles. The molecule has 1 saturated carbocycles. The molecule has 0 aromatic heterocycles. The van der Waals surface area contributed by atoms with Crippen molar-refractivity contribution in [1.82, 2.24) is 0 Å². The summed E-state index contributed by atoms with van der Waals surface area (Å²) in [6, 6.07) is 8.02. The van der Waals surface area contributed by atoms with Crippen LogP contribution in [0.1, 0.15) is 25.8 Å². The van der Waals surface area contributed by atoms with E-state index in [9.17, 15) is 4.79 Å². The van der Waals surface area contributed by atoms with Crippen molar-refractivity contribution in [1.29, 1.82) is 0 Å². The van der Waals surface area contributed by atoms with Gasteiger partial charge < -0.3 is 5.11 Å². The van der Waals surface area contributed by atoms with Gasteiger partial charge in [0.2, 0.25) is 0 Å². The number of hydrogen-bond acceptors (Lipinski definition) is 1. The lowest BCUT2D eigenvalue weighted by molar-refractivity contribution is -0.139. The van der Waals surface area contributed by atoms with Crippen LogP contribution in [0.4, 0.5) is 0 Å². The van der Waals surface area contributed by atoms with Gasteiger partial charge in [0.25, 0.3) is 0 Å². The number of carboxylic acid groups (broad SMARTS) is 1. The monoisotopic (exact) mass is 282 g/mol. The van der Waals surface area contributed by atoms with Crippen LogP contribution in [0.25, 0.3) is 0 Å². The minimum Gasteiger partial charge on any atom is -0.481 e. The van der Waals surface area contributed by atoms with Crippen LogP contribution >= 0.6 is 15.9 Å². The van der Waals surface area contributed by atoms with Crippen LogP contribution in [0.5, 0.6) is 0 Å². The molecule has 0 spiro atoms. The summed E-state index contributed by atoms with van der Waals surface area (Å²) in [6.07, 6.45) is 0.760. The van der Waals surface area contributed by atoms with Gasteiger partial charge in [-0.25, -0.2) is 0 Å². The molecule has 0 bridgehead atoms. The number of halogens is 1. The molecule has 0 amide bonds. The predicted molar refractivity (Wildman–Crippen MR) is 66.4 cm³/mol. The summed E-state index contributed by atoms with van der Waals surface area (Å²) in [5, 5.41) is 9.16. The van der Waals surface area contributed by atoms with E-state index < -0.39 is 5.97 Å². The Labute approximate surface area is 104 Å². The molecule has 1 fully saturated rings. The fourth-order valence-corrected chi connectivity index (χ4v) is 3.05. The van der Waals surface area contributed by atoms with Crippen molar-refractivity contribution < 1.29 is 9.90 Å². The van der Waals surface area contributed by atoms with Crippen LogP contribution in [0, 0.1) is 11.8 Å². The highest BCUT2D eigenvalue weighted by Crippen LogP contribution is 2.59. The molecule has 1 aliphatic rings. The molecule has 0 saturated heterocycles. The minimum absolute atomic E-state index is 0.157. The topological polar surface area (TPSA) is 37.3 Å². The van der Waals surface area contributed by atoms with Gasteiger partial charge in [-0.2, -0.15) is 0 Å². The first kappa shape index (κ1) is 11.6. The van der Waals surface area contributed by atoms with E-state index in [0.29, 0.717) is 5.92 Å². The molecule has 1 unspecified atom stereocenters. The molecule has 16 heavy (non-hydrogen) atoms. The highest BCUT2D eigenvalue weighted by atomic mass is 79.9. The number of hydrogen-bond donors (Lipinski definition) is 1. The van der Waals surface area contributed by atoms with Gasteiger partial charge in [-0.1, -0.05) is 41.9 Å². The zero-order valence-electron chi connectivity index (χ0n) is 9.40. The van der Waals surface area contributed by atoms with Crippen molar-refractivity contribution in [2.75, 3.05) is 0 Å². The first-order chi connectivity index (χ1) is 7.48. The highest BCUT2D eigenvalue weighted by molar-refractivity contribution is 9.10. The van der Waals surface area contributed by atoms with Gasteiger partial charge in [0.15, 0.2) is 0 Å². The maximum Gasteiger partial charge on any atom is 0.307 e. The Morgan fingerprint density at radius 3 is 2.69 bits per heavy atom. The van der Waals surface area contributed by atoms with Gasteiger partial charge in [-0.3, -0.25) is 4.79 Å². The average Bonchev–Trinajstić information content (AvgIpc) is 2.93. The van der Waals surface area contributed by atoms with Crippen molar-refractivity contribution in [3.05, 3.63) is 34.3 Å². The number of carboxylic acids is 1. The summed E-state index contributed by atoms with van der Waals surface area (Å²) in [5.74, 6) is -0.543. The summed E-state index contributed by atoms with van der Waals surface area (Å²) in [4.78, 5) is 11.1. The summed E-state index contributed by atoms with van der Waals surface area (Å²) in [7, 11) is 0. The van der Waals surface area contributed by atoms with Crippen LogP contribution < -0.4 is 0 Å². The summed E-state index contributed by atoms with van der Waals surface area (Å²) >= 11 is 3.44. The number of rotatable bonds is 3. The van der Waals surface area contributed by atoms with Gasteiger partial charge in [0.05, 0.1) is 5.92 Å². The Kier molecular flexibility index (Phi) is 2.82. The molecule has 0 aliphatic heterocycles. The second-order valence-electron chi connectivity index (χ2n) is 4.80. The molecule has 2 rings (SSSR count). The SMILES string of the molecule is CC(C)C1(c2cccc(Br)c2)C[C@H]1C(=O)O. The van der Waals surface area contributed by atoms with Gasteiger partial charge in [-0.15, -0.1) is 0 Å². The van der Waals surface area contributed by atoms with Crippen molar-refractivity contribution >= 4 is 21.9 Å². The van der Waals surface area contributed by atoms with E-state index in [1.165, 1.54) is 0 Å². The number of carbonyl (C=O) groups is 1. The van der Waals surface area contributed by atoms with Crippen LogP contribution in [0.15, 0.2) is 28.7 Å². The minimum atomic E-state index is -0.673. The zero-order valence-corrected chi connectivity index (χ0v) is 11.0. The quantitative estimate of drug-likeness (QED) is 0.922. The van der Waals surface area contributed by atoms with Gasteiger partial charge in [0.1, 0.15) is 0 Å². The van der Waals surface area contributed by atoms with E-state index in [2.05, 4.69) is 29.8 Å². The van der Waals surface area contributed by atoms with Crippen molar-refractivity contribution in [2.45, 2.75) is 25.7 Å². The Morgan fingerprint density at radius 2 is 2.25 bits per heavy atom. The fourth-order valence-electron chi connectivity index (χ4n) is 2.65. The van der Waals surface area contributed by atoms with E-state index >= 15 is 0 Å². The van der Waals surface area contributed by atoms with Crippen molar-refractivity contribution in [2.24, 2.45) is 11.8 Å². The maximum absolute atomic E-state index is 11.1. The number of benzene rings is 1. The maximum atomic E-state index is 11.1. The van der Waals surface area contributed by atoms with Crippen molar-refractivity contribution in [3.63, 3.8) is 0 Å². The van der Waals surface area contributed by atoms with Crippen LogP contribution in [-0.4, -0.2) is 11.1 Å². The summed E-state index contributed by atoms with van der Waals surface area (Å²) < 4.78 is 1.01. The third kappa shape index (κ3) is 1.67. The van der Waals surface area contributed by atoms with Crippen LogP contribution in [0.2, 0.25) is 0 Å². The van der Waals surface area contributed by atoms with Crippen LogP contribution in [0.3, 0.4) is 0 Å². The van der Waals surface area contributed by atoms with E-state index in [4.69, 9.17) is 5.11 Å². The Bertz CT molecular complexity index is 428. The molecule has 86 valence electrons. The largest absolute Gasteiger partial charge is 0.481 e. The second-order valence-corrected chi connectivity index (χ2v) is 5.72. The zero-order chi connectivity index (χ0) is 11.9. The number of aliphatic carboxylic acids is 1. The lowest BCUT2D eigenvalue weighted by Crippen LogP contribution is -2.21. The lowest BCUT2D eigenvalue weighted by atomic mass is 9.83. The lowest BCUT2D eigenvalue weighted by Gasteiger charge is -2.21. The molecule has 2 atom stereocenters. The fraction of sp³-hybridized carbons (Fsp3) is 0.462. The first-order valence-electron chi connectivity index (χ1n) is 5.47. The van der Waals surface area contributed by atoms with Crippen molar-refractivity contribution in [3.8, 4) is 0 Å². The normalized spacial score (nSPS) is 28.1. The second kappa shape index (κ2) is 3.88. The van der Waals surface area contributed by atoms with E-state index in [-0.39, 0.29) is 11.3 Å². The predicted octanol–water partition coefficient (Wildman–Crippen LogP) is 3.45. The Hall–Kier alpha value is -0.830. The third-order valence-electron chi connectivity index (χ3n) is 3.69. The van der Waals surface area contributed by atoms with Gasteiger partial charge in [-0.05, 0) is 30.0 Å². The molecule has 1 aliphatic carbocycles. The Balaban J connectivity index is 2.40. The average molecular weight is 283 g/mol. The molecule has 3 heteroatoms. The molecule has 2 nitrogen and oxygen atoms in total. The van der Waals surface area contributed by atoms with E-state index in [1.54, 1.807) is 0 Å². The molecule has 0 heterocycles. The molecule has 1 N–H and O–H groups in total. The van der Waals surface area contributed by atoms with E-state index in [1.807, 2.05) is 24.3 Å². The van der Waals surface area contributed by atoms with Gasteiger partial charge in [0, 0.05) is 9.89 Å². The first-order valence-corrected chi connectivity index (χ1v) is 6.26. The molecular formula is C13H15BrO2. The summed E-state index contributed by atoms with van der Waals surface area (Å²) in [6.45, 7) is 4.20. The molecule has 1 aromatic rings. The standard InChI is InChI=1S/C13H15BrO2/c1-8(2)13(7-11(13)12(15)16)9-4-3-5-10(14)6-9/h3-6,8,11H,7H2,1-2H3,(H,15,16)/t11-,13?/m0/s1. The smallest absolute Gasteiger partial charge is 0.307 e. The molecular weight excluding hydrogens is 268 g/mol. The van der Waals surface area contributed by atoms with Gasteiger partial charge >= 0.3 is 5.97 Å². The third-order valence-corrected chi connectivity index (χ3v) is 4.19. The van der Waals surface area contributed by atoms with Crippen LogP contribution in [-0.2, 0) is 10.2 Å². The Morgan fingerprint density at radius 1 is 1.56 bits per heavy atom. The summed E-state index contributed by atoms with van der Waals surface area (Å²) in [5.41, 5.74) is 0.986. The molecule has 0 radical (unpaired) electrons. The van der Waals surface area contributed by atoms with E-state index in [0.717, 1.165) is 16.5 Å².